The molecule has 10 heteroatoms. The number of carbonyl (C=O) groups is 2. The largest absolute Gasteiger partial charge is 0.347 e. The number of carbonyl (C=O) groups excluding carboxylic acids is 2. The zero-order valence-corrected chi connectivity index (χ0v) is 17.1. The van der Waals surface area contributed by atoms with Gasteiger partial charge >= 0.3 is 0 Å². The molecule has 1 aromatic heterocycles. The maximum absolute atomic E-state index is 13.2. The summed E-state index contributed by atoms with van der Waals surface area (Å²) in [7, 11) is 0. The van der Waals surface area contributed by atoms with Gasteiger partial charge in [-0.3, -0.25) is 19.7 Å². The lowest BCUT2D eigenvalue weighted by molar-refractivity contribution is -0.385. The summed E-state index contributed by atoms with van der Waals surface area (Å²) in [6.07, 6.45) is 0. The Morgan fingerprint density at radius 1 is 1.17 bits per heavy atom. The molecule has 0 saturated heterocycles. The van der Waals surface area contributed by atoms with Crippen molar-refractivity contribution in [3.63, 3.8) is 0 Å². The SMILES string of the molecule is Cc1cc(NC(=O)c2ccc(F)cc2Cl)sc1C(=O)NCc1ccccc1[N+](=O)[O-]. The third-order valence-corrected chi connectivity index (χ3v) is 5.63. The van der Waals surface area contributed by atoms with Crippen LogP contribution in [-0.2, 0) is 6.54 Å². The highest BCUT2D eigenvalue weighted by Crippen LogP contribution is 2.28. The quantitative estimate of drug-likeness (QED) is 0.412. The van der Waals surface area contributed by atoms with Gasteiger partial charge in [-0.25, -0.2) is 4.39 Å². The fourth-order valence-corrected chi connectivity index (χ4v) is 3.95. The van der Waals surface area contributed by atoms with E-state index in [1.165, 1.54) is 12.1 Å². The fourth-order valence-electron chi connectivity index (χ4n) is 2.72. The number of rotatable bonds is 6. The van der Waals surface area contributed by atoms with Crippen LogP contribution in [0.4, 0.5) is 15.1 Å². The van der Waals surface area contributed by atoms with Crippen LogP contribution in [0.25, 0.3) is 0 Å². The van der Waals surface area contributed by atoms with Crippen molar-refractivity contribution in [1.82, 2.24) is 5.32 Å². The highest BCUT2D eigenvalue weighted by molar-refractivity contribution is 7.18. The molecule has 7 nitrogen and oxygen atoms in total. The zero-order valence-electron chi connectivity index (χ0n) is 15.6. The van der Waals surface area contributed by atoms with Crippen molar-refractivity contribution in [2.75, 3.05) is 5.32 Å². The van der Waals surface area contributed by atoms with Gasteiger partial charge in [0.25, 0.3) is 17.5 Å². The number of aryl methyl sites for hydroxylation is 1. The number of nitro benzene ring substituents is 1. The minimum Gasteiger partial charge on any atom is -0.347 e. The van der Waals surface area contributed by atoms with E-state index in [1.54, 1.807) is 31.2 Å². The van der Waals surface area contributed by atoms with Crippen molar-refractivity contribution in [2.45, 2.75) is 13.5 Å². The second-order valence-corrected chi connectivity index (χ2v) is 7.73. The van der Waals surface area contributed by atoms with Crippen LogP contribution in [0.1, 0.15) is 31.2 Å². The smallest absolute Gasteiger partial charge is 0.274 e. The Morgan fingerprint density at radius 2 is 1.90 bits per heavy atom. The molecule has 2 amide bonds. The van der Waals surface area contributed by atoms with Crippen molar-refractivity contribution >= 4 is 45.4 Å². The number of hydrogen-bond acceptors (Lipinski definition) is 5. The van der Waals surface area contributed by atoms with Gasteiger partial charge in [0.1, 0.15) is 5.82 Å². The van der Waals surface area contributed by atoms with Gasteiger partial charge in [-0.05, 0) is 36.8 Å². The Labute approximate surface area is 179 Å². The number of hydrogen-bond donors (Lipinski definition) is 2. The van der Waals surface area contributed by atoms with Gasteiger partial charge in [-0.1, -0.05) is 29.8 Å². The van der Waals surface area contributed by atoms with Gasteiger partial charge in [-0.2, -0.15) is 0 Å². The Balaban J connectivity index is 1.70. The van der Waals surface area contributed by atoms with E-state index in [0.29, 0.717) is 21.0 Å². The third-order valence-electron chi connectivity index (χ3n) is 4.16. The predicted octanol–water partition coefficient (Wildman–Crippen LogP) is 4.94. The van der Waals surface area contributed by atoms with E-state index in [2.05, 4.69) is 10.6 Å². The number of nitro groups is 1. The van der Waals surface area contributed by atoms with E-state index in [-0.39, 0.29) is 22.8 Å². The van der Waals surface area contributed by atoms with E-state index in [1.807, 2.05) is 0 Å². The lowest BCUT2D eigenvalue weighted by Crippen LogP contribution is -2.22. The van der Waals surface area contributed by atoms with E-state index < -0.39 is 22.6 Å². The lowest BCUT2D eigenvalue weighted by Gasteiger charge is -2.06. The molecule has 154 valence electrons. The molecule has 0 saturated carbocycles. The number of amides is 2. The van der Waals surface area contributed by atoms with Crippen LogP contribution in [-0.4, -0.2) is 16.7 Å². The van der Waals surface area contributed by atoms with Crippen molar-refractivity contribution in [2.24, 2.45) is 0 Å². The molecule has 0 fully saturated rings. The molecule has 1 heterocycles. The number of benzene rings is 2. The molecular weight excluding hydrogens is 433 g/mol. The molecule has 3 rings (SSSR count). The van der Waals surface area contributed by atoms with E-state index in [0.717, 1.165) is 23.5 Å². The summed E-state index contributed by atoms with van der Waals surface area (Å²) in [5, 5.41) is 16.8. The average molecular weight is 448 g/mol. The minimum absolute atomic E-state index is 0.0137. The van der Waals surface area contributed by atoms with Crippen LogP contribution in [0.3, 0.4) is 0 Å². The van der Waals surface area contributed by atoms with Crippen LogP contribution >= 0.6 is 22.9 Å². The molecule has 2 N–H and O–H groups in total. The first kappa shape index (κ1) is 21.4. The van der Waals surface area contributed by atoms with Crippen molar-refractivity contribution in [3.8, 4) is 0 Å². The Hall–Kier alpha value is -3.30. The Bertz CT molecular complexity index is 1150. The molecule has 0 radical (unpaired) electrons. The lowest BCUT2D eigenvalue weighted by atomic mass is 10.2. The maximum Gasteiger partial charge on any atom is 0.274 e. The van der Waals surface area contributed by atoms with Gasteiger partial charge in [0.2, 0.25) is 0 Å². The number of halogens is 2. The molecule has 30 heavy (non-hydrogen) atoms. The van der Waals surface area contributed by atoms with Crippen LogP contribution in [0.5, 0.6) is 0 Å². The normalized spacial score (nSPS) is 10.5. The second kappa shape index (κ2) is 9.02. The van der Waals surface area contributed by atoms with Crippen LogP contribution in [0, 0.1) is 22.9 Å². The zero-order chi connectivity index (χ0) is 21.8. The number of para-hydroxylation sites is 1. The van der Waals surface area contributed by atoms with Gasteiger partial charge < -0.3 is 10.6 Å². The number of nitrogens with one attached hydrogen (secondary N) is 2. The summed E-state index contributed by atoms with van der Waals surface area (Å²) in [6, 6.07) is 11.2. The molecule has 0 aliphatic heterocycles. The predicted molar refractivity (Wildman–Crippen MR) is 113 cm³/mol. The van der Waals surface area contributed by atoms with E-state index in [9.17, 15) is 24.1 Å². The number of nitrogens with zero attached hydrogens (tertiary/aromatic N) is 1. The van der Waals surface area contributed by atoms with Crippen molar-refractivity contribution < 1.29 is 18.9 Å². The molecule has 3 aromatic rings. The Morgan fingerprint density at radius 3 is 2.60 bits per heavy atom. The number of anilines is 1. The van der Waals surface area contributed by atoms with Crippen LogP contribution in [0.2, 0.25) is 5.02 Å². The Kier molecular flexibility index (Phi) is 6.43. The minimum atomic E-state index is -0.555. The molecule has 0 atom stereocenters. The average Bonchev–Trinajstić information content (AvgIpc) is 3.06. The summed E-state index contributed by atoms with van der Waals surface area (Å²) in [5.41, 5.74) is 1.03. The van der Waals surface area contributed by atoms with E-state index >= 15 is 0 Å². The summed E-state index contributed by atoms with van der Waals surface area (Å²) in [4.78, 5) is 35.8. The van der Waals surface area contributed by atoms with Gasteiger partial charge in [-0.15, -0.1) is 11.3 Å². The maximum atomic E-state index is 13.2. The highest BCUT2D eigenvalue weighted by atomic mass is 35.5. The van der Waals surface area contributed by atoms with Crippen LogP contribution < -0.4 is 10.6 Å². The van der Waals surface area contributed by atoms with Gasteiger partial charge in [0.15, 0.2) is 0 Å². The van der Waals surface area contributed by atoms with Crippen molar-refractivity contribution in [3.05, 3.63) is 91.1 Å². The summed E-state index contributed by atoms with van der Waals surface area (Å²) < 4.78 is 13.2. The first-order valence-corrected chi connectivity index (χ1v) is 9.83. The number of thiophene rings is 1. The van der Waals surface area contributed by atoms with Crippen molar-refractivity contribution in [1.29, 1.82) is 0 Å². The highest BCUT2D eigenvalue weighted by Gasteiger charge is 2.18. The second-order valence-electron chi connectivity index (χ2n) is 6.27. The molecular formula is C20H15ClFN3O4S. The standard InChI is InChI=1S/C20H15ClFN3O4S/c1-11-8-17(24-19(26)14-7-6-13(22)9-15(14)21)30-18(11)20(27)23-10-12-4-2-3-5-16(12)25(28)29/h2-9H,10H2,1H3,(H,23,27)(H,24,26). The molecule has 2 aromatic carbocycles. The van der Waals surface area contributed by atoms with Crippen LogP contribution in [0.15, 0.2) is 48.5 Å². The first-order valence-electron chi connectivity index (χ1n) is 8.63. The monoisotopic (exact) mass is 447 g/mol. The molecule has 0 aliphatic rings. The third kappa shape index (κ3) is 4.81. The molecule has 0 spiro atoms. The molecule has 0 unspecified atom stereocenters. The summed E-state index contributed by atoms with van der Waals surface area (Å²) in [6.45, 7) is 1.69. The summed E-state index contributed by atoms with van der Waals surface area (Å²) in [5.74, 6) is -1.51. The topological polar surface area (TPSA) is 101 Å². The first-order chi connectivity index (χ1) is 14.3. The summed E-state index contributed by atoms with van der Waals surface area (Å²) >= 11 is 6.95. The molecule has 0 bridgehead atoms. The van der Waals surface area contributed by atoms with Gasteiger partial charge in [0.05, 0.1) is 25.4 Å². The van der Waals surface area contributed by atoms with Gasteiger partial charge in [0, 0.05) is 18.2 Å². The molecule has 0 aliphatic carbocycles. The van der Waals surface area contributed by atoms with E-state index in [4.69, 9.17) is 11.6 Å². The fraction of sp³-hybridized carbons (Fsp3) is 0.100.